The Morgan fingerprint density at radius 1 is 1.23 bits per heavy atom. The summed E-state index contributed by atoms with van der Waals surface area (Å²) >= 11 is 2.97. The Kier molecular flexibility index (Phi) is 8.90. The van der Waals surface area contributed by atoms with E-state index in [4.69, 9.17) is 9.15 Å². The number of hydrogen-bond acceptors (Lipinski definition) is 11. The van der Waals surface area contributed by atoms with Crippen molar-refractivity contribution in [2.45, 2.75) is 45.5 Å². The molecule has 0 amide bonds. The minimum Gasteiger partial charge on any atom is -0.449 e. The Hall–Kier alpha value is -2.11. The van der Waals surface area contributed by atoms with Gasteiger partial charge in [0.15, 0.2) is 18.1 Å². The fourth-order valence-electron chi connectivity index (χ4n) is 2.36. The second kappa shape index (κ2) is 11.0. The fraction of sp³-hybridized carbons (Fsp3) is 0.450. The summed E-state index contributed by atoms with van der Waals surface area (Å²) in [6, 6.07) is 3.45. The van der Waals surface area contributed by atoms with Gasteiger partial charge in [-0.1, -0.05) is 17.8 Å². The Labute approximate surface area is 191 Å². The standard InChI is InChI=1S/C20H22O8S3/c1-11(21)13(10-30-19(25)26-9-14-12(2)27-18(24)28-14)8-16(22)20(3,4)31-17(23)15-6-5-7-29-15/h5-7,13H,8-10H2,1-4H3/t13-/m0/s1. The van der Waals surface area contributed by atoms with Crippen molar-refractivity contribution in [2.75, 3.05) is 5.75 Å². The van der Waals surface area contributed by atoms with Crippen LogP contribution in [0, 0.1) is 12.8 Å². The minimum absolute atomic E-state index is 0.0494. The number of rotatable bonds is 10. The van der Waals surface area contributed by atoms with E-state index in [1.165, 1.54) is 25.2 Å². The van der Waals surface area contributed by atoms with Crippen LogP contribution >= 0.6 is 34.9 Å². The molecule has 2 heterocycles. The van der Waals surface area contributed by atoms with Crippen molar-refractivity contribution in [1.82, 2.24) is 0 Å². The van der Waals surface area contributed by atoms with Crippen LogP contribution in [0.2, 0.25) is 0 Å². The summed E-state index contributed by atoms with van der Waals surface area (Å²) in [5.74, 6) is -1.71. The van der Waals surface area contributed by atoms with Gasteiger partial charge in [-0.2, -0.15) is 0 Å². The van der Waals surface area contributed by atoms with Crippen molar-refractivity contribution in [3.05, 3.63) is 44.5 Å². The monoisotopic (exact) mass is 486 g/mol. The first-order valence-electron chi connectivity index (χ1n) is 9.19. The first-order chi connectivity index (χ1) is 14.5. The third kappa shape index (κ3) is 7.51. The Balaban J connectivity index is 1.88. The summed E-state index contributed by atoms with van der Waals surface area (Å²) in [7, 11) is 0. The summed E-state index contributed by atoms with van der Waals surface area (Å²) in [4.78, 5) is 60.6. The summed E-state index contributed by atoms with van der Waals surface area (Å²) in [5, 5.41) is 0.905. The lowest BCUT2D eigenvalue weighted by Gasteiger charge is -2.23. The highest BCUT2D eigenvalue weighted by Gasteiger charge is 2.34. The molecule has 0 aliphatic rings. The van der Waals surface area contributed by atoms with Crippen molar-refractivity contribution in [1.29, 1.82) is 0 Å². The van der Waals surface area contributed by atoms with Crippen LogP contribution in [0.5, 0.6) is 0 Å². The lowest BCUT2D eigenvalue weighted by molar-refractivity contribution is -0.126. The third-order valence-electron chi connectivity index (χ3n) is 4.31. The number of carbonyl (C=O) groups excluding carboxylic acids is 4. The normalized spacial score (nSPS) is 12.4. The maximum absolute atomic E-state index is 12.8. The largest absolute Gasteiger partial charge is 0.519 e. The molecule has 2 aromatic heterocycles. The molecule has 11 heteroatoms. The van der Waals surface area contributed by atoms with Crippen LogP contribution in [0.1, 0.15) is 48.4 Å². The zero-order valence-electron chi connectivity index (χ0n) is 17.4. The van der Waals surface area contributed by atoms with Gasteiger partial charge < -0.3 is 13.6 Å². The van der Waals surface area contributed by atoms with E-state index in [1.54, 1.807) is 31.4 Å². The van der Waals surface area contributed by atoms with E-state index in [0.717, 1.165) is 23.5 Å². The van der Waals surface area contributed by atoms with Gasteiger partial charge in [0.1, 0.15) is 11.6 Å². The molecular weight excluding hydrogens is 464 g/mol. The van der Waals surface area contributed by atoms with Gasteiger partial charge in [0.2, 0.25) is 5.12 Å². The van der Waals surface area contributed by atoms with Gasteiger partial charge in [0.05, 0.1) is 9.62 Å². The Morgan fingerprint density at radius 2 is 1.94 bits per heavy atom. The number of Topliss-reactive ketones (excluding diaryl/α,β-unsaturated/α-hetero) is 2. The summed E-state index contributed by atoms with van der Waals surface area (Å²) in [6.45, 7) is 5.86. The summed E-state index contributed by atoms with van der Waals surface area (Å²) in [6.07, 6.45) is -0.0942. The van der Waals surface area contributed by atoms with Gasteiger partial charge in [0.25, 0.3) is 0 Å². The number of hydrogen-bond donors (Lipinski definition) is 0. The highest BCUT2D eigenvalue weighted by Crippen LogP contribution is 2.33. The van der Waals surface area contributed by atoms with Crippen molar-refractivity contribution in [3.63, 3.8) is 0 Å². The van der Waals surface area contributed by atoms with E-state index in [-0.39, 0.29) is 47.0 Å². The zero-order valence-corrected chi connectivity index (χ0v) is 19.9. The highest BCUT2D eigenvalue weighted by molar-refractivity contribution is 8.16. The number of ether oxygens (including phenoxy) is 1. The van der Waals surface area contributed by atoms with Crippen LogP contribution in [-0.2, 0) is 20.9 Å². The number of aryl methyl sites for hydroxylation is 1. The number of ketones is 2. The molecule has 0 fully saturated rings. The van der Waals surface area contributed by atoms with E-state index in [2.05, 4.69) is 4.42 Å². The number of thioether (sulfide) groups is 2. The second-order valence-electron chi connectivity index (χ2n) is 7.10. The molecule has 0 aromatic carbocycles. The molecule has 0 radical (unpaired) electrons. The molecule has 168 valence electrons. The fourth-order valence-corrected chi connectivity index (χ4v) is 4.85. The molecule has 8 nitrogen and oxygen atoms in total. The van der Waals surface area contributed by atoms with Crippen molar-refractivity contribution in [2.24, 2.45) is 5.92 Å². The molecule has 0 spiro atoms. The molecule has 0 aliphatic heterocycles. The lowest BCUT2D eigenvalue weighted by Crippen LogP contribution is -2.33. The molecule has 0 saturated heterocycles. The van der Waals surface area contributed by atoms with Crippen LogP contribution in [0.3, 0.4) is 0 Å². The average molecular weight is 487 g/mol. The molecule has 0 N–H and O–H groups in total. The van der Waals surface area contributed by atoms with E-state index in [1.807, 2.05) is 0 Å². The second-order valence-corrected chi connectivity index (χ2v) is 10.6. The maximum atomic E-state index is 12.8. The molecule has 0 unspecified atom stereocenters. The molecule has 0 saturated carbocycles. The highest BCUT2D eigenvalue weighted by atomic mass is 32.2. The van der Waals surface area contributed by atoms with Crippen LogP contribution in [-0.4, -0.2) is 32.5 Å². The van der Waals surface area contributed by atoms with Gasteiger partial charge in [-0.3, -0.25) is 14.4 Å². The predicted molar refractivity (Wildman–Crippen MR) is 119 cm³/mol. The molecule has 0 aliphatic carbocycles. The lowest BCUT2D eigenvalue weighted by atomic mass is 9.94. The molecule has 2 rings (SSSR count). The van der Waals surface area contributed by atoms with Crippen molar-refractivity contribution in [3.8, 4) is 0 Å². The van der Waals surface area contributed by atoms with Gasteiger partial charge >= 0.3 is 11.1 Å². The third-order valence-corrected chi connectivity index (χ3v) is 7.37. The number of carbonyl (C=O) groups is 4. The Morgan fingerprint density at radius 3 is 2.48 bits per heavy atom. The molecular formula is C20H22O8S3. The Bertz CT molecular complexity index is 1000. The smallest absolute Gasteiger partial charge is 0.449 e. The molecule has 2 aromatic rings. The zero-order chi connectivity index (χ0) is 23.2. The maximum Gasteiger partial charge on any atom is 0.519 e. The van der Waals surface area contributed by atoms with Crippen LogP contribution < -0.4 is 5.82 Å². The predicted octanol–water partition coefficient (Wildman–Crippen LogP) is 4.49. The first kappa shape index (κ1) is 25.2. The molecule has 31 heavy (non-hydrogen) atoms. The van der Waals surface area contributed by atoms with E-state index >= 15 is 0 Å². The molecule has 0 bridgehead atoms. The first-order valence-corrected chi connectivity index (χ1v) is 11.9. The van der Waals surface area contributed by atoms with Crippen molar-refractivity contribution >= 4 is 56.8 Å². The quantitative estimate of drug-likeness (QED) is 0.444. The van der Waals surface area contributed by atoms with Gasteiger partial charge in [-0.05, 0) is 50.9 Å². The van der Waals surface area contributed by atoms with Gasteiger partial charge in [-0.25, -0.2) is 9.59 Å². The van der Waals surface area contributed by atoms with E-state index < -0.39 is 21.8 Å². The average Bonchev–Trinajstić information content (AvgIpc) is 3.32. The van der Waals surface area contributed by atoms with E-state index in [0.29, 0.717) is 4.88 Å². The minimum atomic E-state index is -1.02. The van der Waals surface area contributed by atoms with Gasteiger partial charge in [0, 0.05) is 18.1 Å². The van der Waals surface area contributed by atoms with Crippen LogP contribution in [0.4, 0.5) is 4.79 Å². The van der Waals surface area contributed by atoms with Crippen molar-refractivity contribution < 1.29 is 32.7 Å². The summed E-state index contributed by atoms with van der Waals surface area (Å²) < 4.78 is 13.4. The topological polar surface area (TPSA) is 121 Å². The van der Waals surface area contributed by atoms with Crippen LogP contribution in [0.25, 0.3) is 0 Å². The SMILES string of the molecule is CC(=O)[C@H](CSC(=O)OCc1oc(=O)oc1C)CC(=O)C(C)(C)SC(=O)c1cccs1. The van der Waals surface area contributed by atoms with Gasteiger partial charge in [-0.15, -0.1) is 11.3 Å². The molecule has 1 atom stereocenters. The number of thiophene rings is 1. The van der Waals surface area contributed by atoms with Crippen LogP contribution in [0.15, 0.2) is 31.1 Å². The summed E-state index contributed by atoms with van der Waals surface area (Å²) in [5.41, 5.74) is 0. The van der Waals surface area contributed by atoms with E-state index in [9.17, 15) is 24.0 Å².